The highest BCUT2D eigenvalue weighted by atomic mass is 79.9. The van der Waals surface area contributed by atoms with E-state index in [1.54, 1.807) is 14.2 Å². The largest absolute Gasteiger partial charge is 0.493 e. The maximum atomic E-state index is 12.1. The van der Waals surface area contributed by atoms with Crippen LogP contribution in [0.5, 0.6) is 11.5 Å². The zero-order valence-electron chi connectivity index (χ0n) is 13.5. The van der Waals surface area contributed by atoms with Crippen molar-refractivity contribution in [2.75, 3.05) is 20.8 Å². The van der Waals surface area contributed by atoms with E-state index in [1.165, 1.54) is 0 Å². The van der Waals surface area contributed by atoms with Gasteiger partial charge in [-0.15, -0.1) is 0 Å². The van der Waals surface area contributed by atoms with Crippen LogP contribution in [0.2, 0.25) is 0 Å². The molecule has 0 aliphatic carbocycles. The number of carbonyl (C=O) groups excluding carboxylic acids is 1. The predicted molar refractivity (Wildman–Crippen MR) is 94.5 cm³/mol. The summed E-state index contributed by atoms with van der Waals surface area (Å²) in [6.45, 7) is 2.54. The summed E-state index contributed by atoms with van der Waals surface area (Å²) in [5.74, 6) is 1.28. The molecule has 0 saturated heterocycles. The van der Waals surface area contributed by atoms with E-state index >= 15 is 0 Å². The van der Waals surface area contributed by atoms with Crippen LogP contribution in [0.15, 0.2) is 40.9 Å². The smallest absolute Gasteiger partial charge is 0.251 e. The number of hydrogen-bond donors (Lipinski definition) is 1. The molecule has 0 fully saturated rings. The molecule has 1 N–H and O–H groups in total. The number of nitrogens with one attached hydrogen (secondary N) is 1. The highest BCUT2D eigenvalue weighted by Crippen LogP contribution is 2.33. The Morgan fingerprint density at radius 1 is 1.09 bits per heavy atom. The molecule has 0 bridgehead atoms. The van der Waals surface area contributed by atoms with Crippen molar-refractivity contribution in [2.45, 2.75) is 13.3 Å². The average molecular weight is 378 g/mol. The van der Waals surface area contributed by atoms with Gasteiger partial charge in [-0.25, -0.2) is 0 Å². The number of benzene rings is 2. The molecule has 0 atom stereocenters. The lowest BCUT2D eigenvalue weighted by molar-refractivity contribution is 0.0954. The number of amides is 1. The number of methoxy groups -OCH3 is 2. The fourth-order valence-electron chi connectivity index (χ4n) is 2.21. The van der Waals surface area contributed by atoms with Crippen LogP contribution in [-0.2, 0) is 6.42 Å². The third-order valence-corrected chi connectivity index (χ3v) is 4.28. The molecule has 23 heavy (non-hydrogen) atoms. The molecule has 0 unspecified atom stereocenters. The maximum absolute atomic E-state index is 12.1. The molecule has 0 aliphatic rings. The predicted octanol–water partition coefficient (Wildman–Crippen LogP) is 3.75. The maximum Gasteiger partial charge on any atom is 0.251 e. The number of carbonyl (C=O) groups is 1. The van der Waals surface area contributed by atoms with Gasteiger partial charge in [-0.1, -0.05) is 33.6 Å². The molecule has 2 aromatic carbocycles. The van der Waals surface area contributed by atoms with Crippen molar-refractivity contribution < 1.29 is 14.3 Å². The Bertz CT molecular complexity index is 683. The quantitative estimate of drug-likeness (QED) is 0.833. The van der Waals surface area contributed by atoms with Gasteiger partial charge in [0.25, 0.3) is 5.91 Å². The number of halogens is 1. The third-order valence-electron chi connectivity index (χ3n) is 3.55. The van der Waals surface area contributed by atoms with Gasteiger partial charge in [0, 0.05) is 16.6 Å². The molecule has 0 spiro atoms. The van der Waals surface area contributed by atoms with Gasteiger partial charge < -0.3 is 14.8 Å². The van der Waals surface area contributed by atoms with Gasteiger partial charge >= 0.3 is 0 Å². The Morgan fingerprint density at radius 3 is 2.30 bits per heavy atom. The summed E-state index contributed by atoms with van der Waals surface area (Å²) in [6, 6.07) is 11.3. The molecule has 2 aromatic rings. The Hall–Kier alpha value is -2.01. The average Bonchev–Trinajstić information content (AvgIpc) is 2.56. The Balaban J connectivity index is 1.98. The van der Waals surface area contributed by atoms with E-state index in [2.05, 4.69) is 21.2 Å². The number of aryl methyl sites for hydroxylation is 1. The van der Waals surface area contributed by atoms with Gasteiger partial charge in [0.2, 0.25) is 0 Å². The van der Waals surface area contributed by atoms with E-state index in [1.807, 2.05) is 43.3 Å². The van der Waals surface area contributed by atoms with E-state index in [0.29, 0.717) is 30.0 Å². The third kappa shape index (κ3) is 4.48. The van der Waals surface area contributed by atoms with Gasteiger partial charge in [0.05, 0.1) is 14.2 Å². The van der Waals surface area contributed by atoms with Crippen molar-refractivity contribution in [3.63, 3.8) is 0 Å². The van der Waals surface area contributed by atoms with Crippen LogP contribution in [0, 0.1) is 6.92 Å². The first kappa shape index (κ1) is 17.3. The van der Waals surface area contributed by atoms with Crippen molar-refractivity contribution in [3.8, 4) is 11.5 Å². The zero-order chi connectivity index (χ0) is 16.8. The minimum absolute atomic E-state index is 0.0680. The van der Waals surface area contributed by atoms with Crippen LogP contribution in [-0.4, -0.2) is 26.7 Å². The molecular weight excluding hydrogens is 358 g/mol. The number of hydrogen-bond acceptors (Lipinski definition) is 3. The van der Waals surface area contributed by atoms with Crippen molar-refractivity contribution in [1.29, 1.82) is 0 Å². The monoisotopic (exact) mass is 377 g/mol. The molecule has 122 valence electrons. The molecular formula is C18H20BrNO3. The topological polar surface area (TPSA) is 47.6 Å². The van der Waals surface area contributed by atoms with E-state index in [-0.39, 0.29) is 5.91 Å². The minimum Gasteiger partial charge on any atom is -0.493 e. The highest BCUT2D eigenvalue weighted by Gasteiger charge is 2.10. The molecule has 0 radical (unpaired) electrons. The van der Waals surface area contributed by atoms with Crippen LogP contribution in [0.4, 0.5) is 0 Å². The molecule has 0 aliphatic heterocycles. The lowest BCUT2D eigenvalue weighted by Crippen LogP contribution is -2.25. The second-order valence-corrected chi connectivity index (χ2v) is 6.02. The van der Waals surface area contributed by atoms with Gasteiger partial charge in [0.15, 0.2) is 11.5 Å². The Kier molecular flexibility index (Phi) is 6.04. The first-order valence-corrected chi connectivity index (χ1v) is 8.09. The van der Waals surface area contributed by atoms with Crippen molar-refractivity contribution in [3.05, 3.63) is 57.6 Å². The first-order valence-electron chi connectivity index (χ1n) is 7.30. The minimum atomic E-state index is -0.0680. The fourth-order valence-corrected chi connectivity index (χ4v) is 2.73. The van der Waals surface area contributed by atoms with Gasteiger partial charge in [-0.3, -0.25) is 4.79 Å². The van der Waals surface area contributed by atoms with Crippen LogP contribution >= 0.6 is 15.9 Å². The molecule has 4 nitrogen and oxygen atoms in total. The summed E-state index contributed by atoms with van der Waals surface area (Å²) in [7, 11) is 3.21. The molecule has 0 heterocycles. The second-order valence-electron chi connectivity index (χ2n) is 5.17. The van der Waals surface area contributed by atoms with Gasteiger partial charge in [-0.2, -0.15) is 0 Å². The first-order chi connectivity index (χ1) is 11.0. The van der Waals surface area contributed by atoms with E-state index in [4.69, 9.17) is 9.47 Å². The molecule has 2 rings (SSSR count). The van der Waals surface area contributed by atoms with Crippen LogP contribution < -0.4 is 14.8 Å². The van der Waals surface area contributed by atoms with Crippen LogP contribution in [0.1, 0.15) is 21.5 Å². The lowest BCUT2D eigenvalue weighted by Gasteiger charge is -2.12. The van der Waals surface area contributed by atoms with Gasteiger partial charge in [-0.05, 0) is 43.2 Å². The van der Waals surface area contributed by atoms with Crippen molar-refractivity contribution in [1.82, 2.24) is 5.32 Å². The fraction of sp³-hybridized carbons (Fsp3) is 0.278. The lowest BCUT2D eigenvalue weighted by atomic mass is 10.1. The highest BCUT2D eigenvalue weighted by molar-refractivity contribution is 9.10. The van der Waals surface area contributed by atoms with Crippen molar-refractivity contribution in [2.24, 2.45) is 0 Å². The normalized spacial score (nSPS) is 10.3. The van der Waals surface area contributed by atoms with E-state index in [0.717, 1.165) is 15.6 Å². The molecule has 5 heteroatoms. The molecule has 1 amide bonds. The molecule has 0 aromatic heterocycles. The van der Waals surface area contributed by atoms with Gasteiger partial charge in [0.1, 0.15) is 0 Å². The molecule has 0 saturated carbocycles. The summed E-state index contributed by atoms with van der Waals surface area (Å²) < 4.78 is 11.5. The summed E-state index contributed by atoms with van der Waals surface area (Å²) in [4.78, 5) is 12.1. The van der Waals surface area contributed by atoms with E-state index in [9.17, 15) is 4.79 Å². The summed E-state index contributed by atoms with van der Waals surface area (Å²) in [5, 5.41) is 2.93. The van der Waals surface area contributed by atoms with E-state index < -0.39 is 0 Å². The Morgan fingerprint density at radius 2 is 1.70 bits per heavy atom. The van der Waals surface area contributed by atoms with Crippen LogP contribution in [0.25, 0.3) is 0 Å². The second kappa shape index (κ2) is 8.02. The summed E-state index contributed by atoms with van der Waals surface area (Å²) in [5.41, 5.74) is 2.85. The SMILES string of the molecule is COc1cc(Br)c(CCNC(=O)c2ccc(C)cc2)cc1OC. The summed E-state index contributed by atoms with van der Waals surface area (Å²) >= 11 is 3.52. The summed E-state index contributed by atoms with van der Waals surface area (Å²) in [6.07, 6.45) is 0.693. The standard InChI is InChI=1S/C18H20BrNO3/c1-12-4-6-13(7-5-12)18(21)20-9-8-14-10-16(22-2)17(23-3)11-15(14)19/h4-7,10-11H,8-9H2,1-3H3,(H,20,21). The number of rotatable bonds is 6. The number of ether oxygens (including phenoxy) is 2. The van der Waals surface area contributed by atoms with Crippen LogP contribution in [0.3, 0.4) is 0 Å². The van der Waals surface area contributed by atoms with Crippen molar-refractivity contribution >= 4 is 21.8 Å². The zero-order valence-corrected chi connectivity index (χ0v) is 15.1. The Labute approximate surface area is 144 Å².